The summed E-state index contributed by atoms with van der Waals surface area (Å²) in [5.74, 6) is 1.82. The van der Waals surface area contributed by atoms with E-state index < -0.39 is 0 Å². The molecule has 2 rings (SSSR count). The lowest BCUT2D eigenvalue weighted by atomic mass is 9.82. The molecule has 2 unspecified atom stereocenters. The Kier molecular flexibility index (Phi) is 4.04. The molecule has 0 spiro atoms. The standard InChI is InChI=1S/C13H25NO/c1-10(15)9-14-13(12-7-8-12)11-5-3-2-4-6-11/h10-15H,2-9H2,1H3. The summed E-state index contributed by atoms with van der Waals surface area (Å²) in [5, 5.41) is 12.9. The smallest absolute Gasteiger partial charge is 0.0636 e. The Labute approximate surface area is 93.5 Å². The molecule has 2 aliphatic carbocycles. The third-order valence-corrected chi connectivity index (χ3v) is 3.94. The minimum absolute atomic E-state index is 0.199. The molecule has 2 saturated carbocycles. The molecule has 2 atom stereocenters. The fourth-order valence-corrected chi connectivity index (χ4v) is 2.97. The van der Waals surface area contributed by atoms with Gasteiger partial charge in [0.1, 0.15) is 0 Å². The Balaban J connectivity index is 1.81. The average molecular weight is 211 g/mol. The van der Waals surface area contributed by atoms with E-state index in [4.69, 9.17) is 0 Å². The van der Waals surface area contributed by atoms with Gasteiger partial charge >= 0.3 is 0 Å². The summed E-state index contributed by atoms with van der Waals surface area (Å²) < 4.78 is 0. The fourth-order valence-electron chi connectivity index (χ4n) is 2.97. The average Bonchev–Trinajstić information content (AvgIpc) is 3.03. The second-order valence-electron chi connectivity index (χ2n) is 5.52. The molecule has 2 heteroatoms. The highest BCUT2D eigenvalue weighted by Gasteiger charge is 2.36. The number of aliphatic hydroxyl groups is 1. The Hall–Kier alpha value is -0.0800. The van der Waals surface area contributed by atoms with E-state index in [9.17, 15) is 5.11 Å². The summed E-state index contributed by atoms with van der Waals surface area (Å²) in [6.45, 7) is 2.65. The van der Waals surface area contributed by atoms with Gasteiger partial charge in [0.05, 0.1) is 6.10 Å². The van der Waals surface area contributed by atoms with Gasteiger partial charge < -0.3 is 10.4 Å². The molecule has 0 aromatic rings. The highest BCUT2D eigenvalue weighted by molar-refractivity contribution is 4.92. The predicted octanol–water partition coefficient (Wildman–Crippen LogP) is 2.32. The van der Waals surface area contributed by atoms with Crippen LogP contribution in [0, 0.1) is 11.8 Å². The molecule has 0 bridgehead atoms. The Bertz CT molecular complexity index is 183. The van der Waals surface area contributed by atoms with Crippen LogP contribution in [0.25, 0.3) is 0 Å². The summed E-state index contributed by atoms with van der Waals surface area (Å²) >= 11 is 0. The van der Waals surface area contributed by atoms with E-state index in [1.807, 2.05) is 6.92 Å². The van der Waals surface area contributed by atoms with Gasteiger partial charge in [-0.3, -0.25) is 0 Å². The van der Waals surface area contributed by atoms with Gasteiger partial charge in [-0.2, -0.15) is 0 Å². The number of hydrogen-bond acceptors (Lipinski definition) is 2. The zero-order valence-corrected chi connectivity index (χ0v) is 9.91. The molecule has 88 valence electrons. The predicted molar refractivity (Wildman–Crippen MR) is 62.8 cm³/mol. The molecule has 0 radical (unpaired) electrons. The van der Waals surface area contributed by atoms with Crippen molar-refractivity contribution in [2.45, 2.75) is 64.0 Å². The minimum Gasteiger partial charge on any atom is -0.392 e. The van der Waals surface area contributed by atoms with E-state index in [2.05, 4.69) is 5.32 Å². The van der Waals surface area contributed by atoms with E-state index >= 15 is 0 Å². The molecule has 2 N–H and O–H groups in total. The van der Waals surface area contributed by atoms with Gasteiger partial charge in [0.15, 0.2) is 0 Å². The van der Waals surface area contributed by atoms with Gasteiger partial charge in [0.2, 0.25) is 0 Å². The molecular formula is C13H25NO. The molecule has 0 aliphatic heterocycles. The third kappa shape index (κ3) is 3.46. The Morgan fingerprint density at radius 2 is 1.67 bits per heavy atom. The highest BCUT2D eigenvalue weighted by atomic mass is 16.3. The van der Waals surface area contributed by atoms with Crippen LogP contribution in [-0.2, 0) is 0 Å². The maximum absolute atomic E-state index is 9.34. The third-order valence-electron chi connectivity index (χ3n) is 3.94. The van der Waals surface area contributed by atoms with Crippen molar-refractivity contribution in [3.8, 4) is 0 Å². The van der Waals surface area contributed by atoms with E-state index in [1.165, 1.54) is 44.9 Å². The zero-order valence-electron chi connectivity index (χ0n) is 9.91. The summed E-state index contributed by atoms with van der Waals surface area (Å²) in [6.07, 6.45) is 9.72. The molecular weight excluding hydrogens is 186 g/mol. The maximum Gasteiger partial charge on any atom is 0.0636 e. The SMILES string of the molecule is CC(O)CNC(C1CCCCC1)C1CC1. The van der Waals surface area contributed by atoms with Crippen molar-refractivity contribution in [3.63, 3.8) is 0 Å². The largest absolute Gasteiger partial charge is 0.392 e. The molecule has 2 aliphatic rings. The molecule has 0 aromatic carbocycles. The monoisotopic (exact) mass is 211 g/mol. The molecule has 0 amide bonds. The van der Waals surface area contributed by atoms with Crippen molar-refractivity contribution in [1.29, 1.82) is 0 Å². The van der Waals surface area contributed by atoms with Gasteiger partial charge in [-0.1, -0.05) is 19.3 Å². The fraction of sp³-hybridized carbons (Fsp3) is 1.00. The first kappa shape index (κ1) is 11.4. The van der Waals surface area contributed by atoms with Crippen LogP contribution in [0.5, 0.6) is 0 Å². The highest BCUT2D eigenvalue weighted by Crippen LogP contribution is 2.40. The van der Waals surface area contributed by atoms with Crippen molar-refractivity contribution in [1.82, 2.24) is 5.32 Å². The summed E-state index contributed by atoms with van der Waals surface area (Å²) in [5.41, 5.74) is 0. The Morgan fingerprint density at radius 1 is 1.07 bits per heavy atom. The van der Waals surface area contributed by atoms with Crippen LogP contribution in [0.4, 0.5) is 0 Å². The topological polar surface area (TPSA) is 32.3 Å². The van der Waals surface area contributed by atoms with Crippen LogP contribution in [0.1, 0.15) is 51.9 Å². The Morgan fingerprint density at radius 3 is 2.20 bits per heavy atom. The first-order valence-corrected chi connectivity index (χ1v) is 6.69. The molecule has 15 heavy (non-hydrogen) atoms. The first-order valence-electron chi connectivity index (χ1n) is 6.69. The van der Waals surface area contributed by atoms with Gasteiger partial charge in [-0.05, 0) is 44.4 Å². The number of hydrogen-bond donors (Lipinski definition) is 2. The molecule has 2 nitrogen and oxygen atoms in total. The van der Waals surface area contributed by atoms with Crippen LogP contribution >= 0.6 is 0 Å². The summed E-state index contributed by atoms with van der Waals surface area (Å²) in [7, 11) is 0. The zero-order chi connectivity index (χ0) is 10.7. The number of rotatable bonds is 5. The van der Waals surface area contributed by atoms with Crippen molar-refractivity contribution in [2.24, 2.45) is 11.8 Å². The lowest BCUT2D eigenvalue weighted by molar-refractivity contribution is 0.167. The van der Waals surface area contributed by atoms with Crippen molar-refractivity contribution in [2.75, 3.05) is 6.54 Å². The van der Waals surface area contributed by atoms with Crippen molar-refractivity contribution in [3.05, 3.63) is 0 Å². The summed E-state index contributed by atoms with van der Waals surface area (Å²) in [6, 6.07) is 0.708. The van der Waals surface area contributed by atoms with Gasteiger partial charge in [0.25, 0.3) is 0 Å². The van der Waals surface area contributed by atoms with Gasteiger partial charge in [-0.15, -0.1) is 0 Å². The van der Waals surface area contributed by atoms with Crippen LogP contribution in [0.2, 0.25) is 0 Å². The van der Waals surface area contributed by atoms with Crippen LogP contribution in [0.15, 0.2) is 0 Å². The maximum atomic E-state index is 9.34. The molecule has 0 aromatic heterocycles. The van der Waals surface area contributed by atoms with Crippen LogP contribution in [-0.4, -0.2) is 23.8 Å². The lowest BCUT2D eigenvalue weighted by Crippen LogP contribution is -2.42. The van der Waals surface area contributed by atoms with E-state index in [0.717, 1.165) is 18.4 Å². The van der Waals surface area contributed by atoms with E-state index in [-0.39, 0.29) is 6.10 Å². The van der Waals surface area contributed by atoms with Crippen molar-refractivity contribution >= 4 is 0 Å². The summed E-state index contributed by atoms with van der Waals surface area (Å²) in [4.78, 5) is 0. The molecule has 0 heterocycles. The molecule has 0 saturated heterocycles. The lowest BCUT2D eigenvalue weighted by Gasteiger charge is -2.31. The van der Waals surface area contributed by atoms with Gasteiger partial charge in [0, 0.05) is 12.6 Å². The molecule has 2 fully saturated rings. The van der Waals surface area contributed by atoms with Crippen LogP contribution < -0.4 is 5.32 Å². The second-order valence-corrected chi connectivity index (χ2v) is 5.52. The number of nitrogens with one attached hydrogen (secondary N) is 1. The first-order chi connectivity index (χ1) is 7.27. The van der Waals surface area contributed by atoms with E-state index in [1.54, 1.807) is 0 Å². The number of aliphatic hydroxyl groups excluding tert-OH is 1. The van der Waals surface area contributed by atoms with E-state index in [0.29, 0.717) is 6.04 Å². The van der Waals surface area contributed by atoms with Gasteiger partial charge in [-0.25, -0.2) is 0 Å². The normalized spacial score (nSPS) is 27.6. The van der Waals surface area contributed by atoms with Crippen molar-refractivity contribution < 1.29 is 5.11 Å². The van der Waals surface area contributed by atoms with Crippen LogP contribution in [0.3, 0.4) is 0 Å². The minimum atomic E-state index is -0.199. The second kappa shape index (κ2) is 5.31. The quantitative estimate of drug-likeness (QED) is 0.731.